The summed E-state index contributed by atoms with van der Waals surface area (Å²) in [4.78, 5) is 0. The number of H-pyrrole nitrogens is 1. The van der Waals surface area contributed by atoms with E-state index < -0.39 is 0 Å². The Hall–Kier alpha value is -1.38. The van der Waals surface area contributed by atoms with E-state index in [1.807, 2.05) is 34.6 Å². The van der Waals surface area contributed by atoms with Gasteiger partial charge in [0, 0.05) is 17.1 Å². The van der Waals surface area contributed by atoms with Crippen LogP contribution in [0.5, 0.6) is 0 Å². The summed E-state index contributed by atoms with van der Waals surface area (Å²) in [5.41, 5.74) is 1.66. The topological polar surface area (TPSA) is 28.7 Å². The standard InChI is InChI=1S/C8H7FN2.2C2H6/c1-5-7-3-2-6(9)4-8(7)11-10-5;2*1-2/h2-4H,1H3,(H,10,11);2*1-2H3. The number of nitrogens with one attached hydrogen (secondary N) is 1. The van der Waals surface area contributed by atoms with Gasteiger partial charge >= 0.3 is 0 Å². The smallest absolute Gasteiger partial charge is 0.125 e. The van der Waals surface area contributed by atoms with Gasteiger partial charge in [-0.05, 0) is 19.1 Å². The third-order valence-corrected chi connectivity index (χ3v) is 1.71. The van der Waals surface area contributed by atoms with Gasteiger partial charge in [-0.15, -0.1) is 0 Å². The maximum absolute atomic E-state index is 12.6. The van der Waals surface area contributed by atoms with E-state index >= 15 is 0 Å². The van der Waals surface area contributed by atoms with Gasteiger partial charge in [-0.3, -0.25) is 5.10 Å². The highest BCUT2D eigenvalue weighted by Gasteiger charge is 2.00. The Morgan fingerprint density at radius 2 is 1.73 bits per heavy atom. The van der Waals surface area contributed by atoms with E-state index in [4.69, 9.17) is 0 Å². The number of aromatic nitrogens is 2. The van der Waals surface area contributed by atoms with Crippen LogP contribution in [0.15, 0.2) is 18.2 Å². The molecule has 15 heavy (non-hydrogen) atoms. The van der Waals surface area contributed by atoms with Crippen LogP contribution in [0.3, 0.4) is 0 Å². The summed E-state index contributed by atoms with van der Waals surface area (Å²) < 4.78 is 12.6. The number of fused-ring (bicyclic) bond motifs is 1. The highest BCUT2D eigenvalue weighted by Crippen LogP contribution is 2.15. The molecular weight excluding hydrogens is 191 g/mol. The molecule has 2 rings (SSSR count). The molecule has 0 spiro atoms. The molecule has 0 aliphatic rings. The van der Waals surface area contributed by atoms with Gasteiger partial charge in [-0.2, -0.15) is 5.10 Å². The number of benzene rings is 1. The third-order valence-electron chi connectivity index (χ3n) is 1.71. The lowest BCUT2D eigenvalue weighted by atomic mass is 10.2. The van der Waals surface area contributed by atoms with Gasteiger partial charge in [0.25, 0.3) is 0 Å². The quantitative estimate of drug-likeness (QED) is 0.697. The van der Waals surface area contributed by atoms with Crippen molar-refractivity contribution in [2.45, 2.75) is 34.6 Å². The SMILES string of the molecule is CC.CC.Cc1[nH]nc2cc(F)ccc12. The minimum Gasteiger partial charge on any atom is -0.282 e. The van der Waals surface area contributed by atoms with Gasteiger partial charge in [0.15, 0.2) is 0 Å². The number of nitrogens with zero attached hydrogens (tertiary/aromatic N) is 1. The van der Waals surface area contributed by atoms with Gasteiger partial charge in [-0.25, -0.2) is 4.39 Å². The van der Waals surface area contributed by atoms with Crippen LogP contribution in [0.25, 0.3) is 10.9 Å². The average Bonchev–Trinajstić information content (AvgIpc) is 2.65. The molecule has 0 saturated carbocycles. The maximum atomic E-state index is 12.6. The predicted molar refractivity (Wildman–Crippen MR) is 63.5 cm³/mol. The summed E-state index contributed by atoms with van der Waals surface area (Å²) in [6.07, 6.45) is 0. The van der Waals surface area contributed by atoms with Gasteiger partial charge in [0.2, 0.25) is 0 Å². The van der Waals surface area contributed by atoms with Crippen molar-refractivity contribution in [2.24, 2.45) is 0 Å². The zero-order valence-electron chi connectivity index (χ0n) is 10.1. The number of hydrogen-bond donors (Lipinski definition) is 1. The fraction of sp³-hybridized carbons (Fsp3) is 0.417. The normalized spacial score (nSPS) is 8.67. The highest BCUT2D eigenvalue weighted by atomic mass is 19.1. The lowest BCUT2D eigenvalue weighted by Crippen LogP contribution is -1.72. The van der Waals surface area contributed by atoms with Gasteiger partial charge < -0.3 is 0 Å². The molecule has 3 heteroatoms. The molecule has 2 nitrogen and oxygen atoms in total. The summed E-state index contributed by atoms with van der Waals surface area (Å²) in [5.74, 6) is -0.246. The second kappa shape index (κ2) is 6.98. The Balaban J connectivity index is 0.000000442. The minimum atomic E-state index is -0.246. The largest absolute Gasteiger partial charge is 0.282 e. The summed E-state index contributed by atoms with van der Waals surface area (Å²) in [7, 11) is 0. The molecule has 1 N–H and O–H groups in total. The molecule has 2 aromatic rings. The van der Waals surface area contributed by atoms with E-state index in [2.05, 4.69) is 10.2 Å². The maximum Gasteiger partial charge on any atom is 0.125 e. The molecule has 1 heterocycles. The van der Waals surface area contributed by atoms with Gasteiger partial charge in [-0.1, -0.05) is 27.7 Å². The van der Waals surface area contributed by atoms with Crippen LogP contribution in [0.2, 0.25) is 0 Å². The van der Waals surface area contributed by atoms with E-state index in [0.717, 1.165) is 11.1 Å². The zero-order chi connectivity index (χ0) is 11.8. The molecule has 0 amide bonds. The number of aryl methyl sites for hydroxylation is 1. The number of aromatic amines is 1. The lowest BCUT2D eigenvalue weighted by Gasteiger charge is -1.87. The van der Waals surface area contributed by atoms with Gasteiger partial charge in [0.05, 0.1) is 5.52 Å². The van der Waals surface area contributed by atoms with Crippen molar-refractivity contribution in [1.82, 2.24) is 10.2 Å². The molecule has 0 fully saturated rings. The van der Waals surface area contributed by atoms with Crippen LogP contribution in [0.1, 0.15) is 33.4 Å². The molecular formula is C12H19FN2. The number of hydrogen-bond acceptors (Lipinski definition) is 1. The molecule has 0 aliphatic heterocycles. The summed E-state index contributed by atoms with van der Waals surface area (Å²) in [6, 6.07) is 4.58. The lowest BCUT2D eigenvalue weighted by molar-refractivity contribution is 0.629. The molecule has 1 aromatic carbocycles. The Labute approximate surface area is 90.5 Å². The van der Waals surface area contributed by atoms with Crippen LogP contribution in [-0.2, 0) is 0 Å². The number of halogens is 1. The predicted octanol–water partition coefficient (Wildman–Crippen LogP) is 4.06. The van der Waals surface area contributed by atoms with Crippen molar-refractivity contribution in [3.8, 4) is 0 Å². The van der Waals surface area contributed by atoms with E-state index in [9.17, 15) is 4.39 Å². The first-order valence-corrected chi connectivity index (χ1v) is 5.37. The highest BCUT2D eigenvalue weighted by molar-refractivity contribution is 5.80. The van der Waals surface area contributed by atoms with Crippen LogP contribution in [0.4, 0.5) is 4.39 Å². The van der Waals surface area contributed by atoms with E-state index in [1.54, 1.807) is 6.07 Å². The van der Waals surface area contributed by atoms with Crippen molar-refractivity contribution in [2.75, 3.05) is 0 Å². The average molecular weight is 210 g/mol. The van der Waals surface area contributed by atoms with Crippen molar-refractivity contribution in [1.29, 1.82) is 0 Å². The zero-order valence-corrected chi connectivity index (χ0v) is 10.1. The molecule has 0 radical (unpaired) electrons. The van der Waals surface area contributed by atoms with E-state index in [-0.39, 0.29) is 5.82 Å². The second-order valence-electron chi connectivity index (χ2n) is 2.51. The molecule has 1 aromatic heterocycles. The van der Waals surface area contributed by atoms with Crippen LogP contribution >= 0.6 is 0 Å². The summed E-state index contributed by atoms with van der Waals surface area (Å²) >= 11 is 0. The monoisotopic (exact) mass is 210 g/mol. The molecule has 0 saturated heterocycles. The van der Waals surface area contributed by atoms with Crippen LogP contribution in [-0.4, -0.2) is 10.2 Å². The first-order chi connectivity index (χ1) is 7.27. The molecule has 0 atom stereocenters. The van der Waals surface area contributed by atoms with Crippen LogP contribution in [0, 0.1) is 12.7 Å². The van der Waals surface area contributed by atoms with Gasteiger partial charge in [0.1, 0.15) is 5.82 Å². The van der Waals surface area contributed by atoms with E-state index in [1.165, 1.54) is 12.1 Å². The molecule has 0 aliphatic carbocycles. The summed E-state index contributed by atoms with van der Waals surface area (Å²) in [6.45, 7) is 9.91. The molecule has 0 bridgehead atoms. The Bertz CT molecular complexity index is 393. The Morgan fingerprint density at radius 3 is 2.33 bits per heavy atom. The van der Waals surface area contributed by atoms with Crippen LogP contribution < -0.4 is 0 Å². The number of rotatable bonds is 0. The summed E-state index contributed by atoms with van der Waals surface area (Å²) in [5, 5.41) is 7.68. The van der Waals surface area contributed by atoms with E-state index in [0.29, 0.717) is 5.52 Å². The molecule has 0 unspecified atom stereocenters. The first-order valence-electron chi connectivity index (χ1n) is 5.37. The Kier molecular flexibility index (Phi) is 6.34. The van der Waals surface area contributed by atoms with Crippen molar-refractivity contribution in [3.05, 3.63) is 29.7 Å². The molecule has 84 valence electrons. The van der Waals surface area contributed by atoms with Crippen molar-refractivity contribution >= 4 is 10.9 Å². The fourth-order valence-corrected chi connectivity index (χ4v) is 1.12. The van der Waals surface area contributed by atoms with Crippen molar-refractivity contribution < 1.29 is 4.39 Å². The second-order valence-corrected chi connectivity index (χ2v) is 2.51. The minimum absolute atomic E-state index is 0.246. The Morgan fingerprint density at radius 1 is 1.13 bits per heavy atom. The first kappa shape index (κ1) is 13.6. The fourth-order valence-electron chi connectivity index (χ4n) is 1.12. The third kappa shape index (κ3) is 3.35. The van der Waals surface area contributed by atoms with Crippen molar-refractivity contribution in [3.63, 3.8) is 0 Å².